The molecule has 0 aliphatic carbocycles. The van der Waals surface area contributed by atoms with Gasteiger partial charge in [0.15, 0.2) is 0 Å². The average Bonchev–Trinajstić information content (AvgIpc) is 2.91. The number of carbonyl (C=O) groups excluding carboxylic acids is 1. The summed E-state index contributed by atoms with van der Waals surface area (Å²) in [6.07, 6.45) is 4.99. The molecule has 0 aromatic carbocycles. The molecule has 0 aromatic rings. The van der Waals surface area contributed by atoms with E-state index in [9.17, 15) is 4.79 Å². The standard InChI is InChI=1S/C16H27N3O/c1-6-7-10-15(18-13(4)12(2)3)19-11-8-9-14(19)16(20)17-5/h14H,2,4,6-11H2,1,3,5H3,(H,17,20). The number of nitrogens with one attached hydrogen (secondary N) is 1. The molecule has 1 amide bonds. The van der Waals surface area contributed by atoms with E-state index in [-0.39, 0.29) is 11.9 Å². The largest absolute Gasteiger partial charge is 0.357 e. The molecular weight excluding hydrogens is 250 g/mol. The molecule has 1 rings (SSSR count). The van der Waals surface area contributed by atoms with E-state index in [1.807, 2.05) is 6.92 Å². The molecule has 1 aliphatic rings. The number of carbonyl (C=O) groups is 1. The van der Waals surface area contributed by atoms with E-state index in [1.165, 1.54) is 0 Å². The molecule has 1 saturated heterocycles. The molecule has 4 heteroatoms. The molecule has 0 saturated carbocycles. The van der Waals surface area contributed by atoms with Crippen LogP contribution in [0.3, 0.4) is 0 Å². The Morgan fingerprint density at radius 1 is 1.45 bits per heavy atom. The first-order valence-electron chi connectivity index (χ1n) is 7.41. The van der Waals surface area contributed by atoms with Crippen LogP contribution < -0.4 is 5.32 Å². The highest BCUT2D eigenvalue weighted by molar-refractivity contribution is 5.91. The van der Waals surface area contributed by atoms with Crippen molar-refractivity contribution in [1.29, 1.82) is 0 Å². The third-order valence-electron chi connectivity index (χ3n) is 3.64. The van der Waals surface area contributed by atoms with E-state index in [0.29, 0.717) is 5.70 Å². The van der Waals surface area contributed by atoms with E-state index in [1.54, 1.807) is 7.05 Å². The molecular formula is C16H27N3O. The van der Waals surface area contributed by atoms with Crippen LogP contribution in [0.1, 0.15) is 46.0 Å². The quantitative estimate of drug-likeness (QED) is 0.461. The molecule has 1 N–H and O–H groups in total. The van der Waals surface area contributed by atoms with Gasteiger partial charge in [-0.3, -0.25) is 4.79 Å². The number of nitrogens with zero attached hydrogens (tertiary/aromatic N) is 2. The van der Waals surface area contributed by atoms with E-state index in [4.69, 9.17) is 0 Å². The summed E-state index contributed by atoms with van der Waals surface area (Å²) in [5.74, 6) is 1.05. The molecule has 1 aliphatic heterocycles. The summed E-state index contributed by atoms with van der Waals surface area (Å²) in [5.41, 5.74) is 1.58. The highest BCUT2D eigenvalue weighted by atomic mass is 16.2. The van der Waals surface area contributed by atoms with Crippen molar-refractivity contribution >= 4 is 11.7 Å². The normalized spacial score (nSPS) is 19.1. The average molecular weight is 277 g/mol. The Balaban J connectivity index is 2.94. The molecule has 0 radical (unpaired) electrons. The number of aliphatic imine (C=N–C) groups is 1. The molecule has 112 valence electrons. The molecule has 1 heterocycles. The Labute approximate surface area is 122 Å². The molecule has 1 unspecified atom stereocenters. The number of amidine groups is 1. The molecule has 4 nitrogen and oxygen atoms in total. The summed E-state index contributed by atoms with van der Waals surface area (Å²) >= 11 is 0. The highest BCUT2D eigenvalue weighted by Gasteiger charge is 2.31. The third kappa shape index (κ3) is 4.22. The van der Waals surface area contributed by atoms with Gasteiger partial charge in [-0.25, -0.2) is 4.99 Å². The van der Waals surface area contributed by atoms with Crippen LogP contribution in [0.5, 0.6) is 0 Å². The van der Waals surface area contributed by atoms with Gasteiger partial charge in [-0.05, 0) is 31.8 Å². The molecule has 1 fully saturated rings. The summed E-state index contributed by atoms with van der Waals surface area (Å²) in [4.78, 5) is 18.7. The van der Waals surface area contributed by atoms with E-state index in [2.05, 4.69) is 35.3 Å². The predicted molar refractivity (Wildman–Crippen MR) is 84.7 cm³/mol. The van der Waals surface area contributed by atoms with Gasteiger partial charge in [-0.2, -0.15) is 0 Å². The van der Waals surface area contributed by atoms with Crippen LogP contribution in [-0.4, -0.2) is 36.3 Å². The summed E-state index contributed by atoms with van der Waals surface area (Å²) < 4.78 is 0. The van der Waals surface area contributed by atoms with Crippen molar-refractivity contribution in [2.24, 2.45) is 4.99 Å². The van der Waals surface area contributed by atoms with Crippen LogP contribution in [0.25, 0.3) is 0 Å². The second kappa shape index (κ2) is 7.88. The Bertz CT molecular complexity index is 412. The lowest BCUT2D eigenvalue weighted by atomic mass is 10.1. The molecule has 1 atom stereocenters. The second-order valence-corrected chi connectivity index (χ2v) is 5.32. The zero-order valence-electron chi connectivity index (χ0n) is 13.0. The fraction of sp³-hybridized carbons (Fsp3) is 0.625. The van der Waals surface area contributed by atoms with Gasteiger partial charge in [-0.15, -0.1) is 0 Å². The van der Waals surface area contributed by atoms with Gasteiger partial charge >= 0.3 is 0 Å². The minimum absolute atomic E-state index is 0.0765. The van der Waals surface area contributed by atoms with Crippen LogP contribution in [0.4, 0.5) is 0 Å². The highest BCUT2D eigenvalue weighted by Crippen LogP contribution is 2.21. The van der Waals surface area contributed by atoms with Gasteiger partial charge in [0.2, 0.25) is 5.91 Å². The maximum Gasteiger partial charge on any atom is 0.242 e. The second-order valence-electron chi connectivity index (χ2n) is 5.32. The number of likely N-dealkylation sites (tertiary alicyclic amines) is 1. The van der Waals surface area contributed by atoms with Gasteiger partial charge in [0.05, 0.1) is 5.70 Å². The summed E-state index contributed by atoms with van der Waals surface area (Å²) in [6, 6.07) is -0.0893. The van der Waals surface area contributed by atoms with Crippen molar-refractivity contribution < 1.29 is 4.79 Å². The first-order valence-corrected chi connectivity index (χ1v) is 7.41. The lowest BCUT2D eigenvalue weighted by Crippen LogP contribution is -2.45. The topological polar surface area (TPSA) is 44.7 Å². The van der Waals surface area contributed by atoms with Crippen molar-refractivity contribution in [3.63, 3.8) is 0 Å². The minimum Gasteiger partial charge on any atom is -0.357 e. The monoisotopic (exact) mass is 277 g/mol. The number of hydrogen-bond donors (Lipinski definition) is 1. The Hall–Kier alpha value is -1.58. The summed E-state index contributed by atoms with van der Waals surface area (Å²) in [5, 5.41) is 2.75. The smallest absolute Gasteiger partial charge is 0.242 e. The number of amides is 1. The first-order chi connectivity index (χ1) is 9.51. The molecule has 20 heavy (non-hydrogen) atoms. The maximum absolute atomic E-state index is 12.0. The van der Waals surface area contributed by atoms with Crippen molar-refractivity contribution in [1.82, 2.24) is 10.2 Å². The fourth-order valence-electron chi connectivity index (χ4n) is 2.36. The van der Waals surface area contributed by atoms with Crippen LogP contribution in [-0.2, 0) is 4.79 Å². The molecule has 0 bridgehead atoms. The van der Waals surface area contributed by atoms with Crippen LogP contribution >= 0.6 is 0 Å². The van der Waals surface area contributed by atoms with Crippen LogP contribution in [0.2, 0.25) is 0 Å². The predicted octanol–water partition coefficient (Wildman–Crippen LogP) is 2.88. The van der Waals surface area contributed by atoms with Crippen molar-refractivity contribution in [3.8, 4) is 0 Å². The van der Waals surface area contributed by atoms with E-state index >= 15 is 0 Å². The molecule has 0 spiro atoms. The summed E-state index contributed by atoms with van der Waals surface area (Å²) in [6.45, 7) is 12.8. The van der Waals surface area contributed by atoms with E-state index < -0.39 is 0 Å². The Kier molecular flexibility index (Phi) is 6.49. The minimum atomic E-state index is -0.0893. The Morgan fingerprint density at radius 3 is 2.70 bits per heavy atom. The van der Waals surface area contributed by atoms with Gasteiger partial charge in [0.25, 0.3) is 0 Å². The SMILES string of the molecule is C=C(C)C(=C)N=C(CCCC)N1CCCC1C(=O)NC. The zero-order valence-corrected chi connectivity index (χ0v) is 13.0. The zero-order chi connectivity index (χ0) is 15.1. The summed E-state index contributed by atoms with van der Waals surface area (Å²) in [7, 11) is 1.69. The van der Waals surface area contributed by atoms with Gasteiger partial charge in [0, 0.05) is 20.0 Å². The number of likely N-dealkylation sites (N-methyl/N-ethyl adjacent to an activating group) is 1. The van der Waals surface area contributed by atoms with Crippen molar-refractivity contribution in [2.45, 2.75) is 52.0 Å². The van der Waals surface area contributed by atoms with Crippen molar-refractivity contribution in [2.75, 3.05) is 13.6 Å². The Morgan fingerprint density at radius 2 is 2.15 bits per heavy atom. The van der Waals surface area contributed by atoms with E-state index in [0.717, 1.165) is 50.1 Å². The number of allylic oxidation sites excluding steroid dienone is 1. The van der Waals surface area contributed by atoms with Gasteiger partial charge in [-0.1, -0.05) is 26.5 Å². The molecule has 0 aromatic heterocycles. The maximum atomic E-state index is 12.0. The lowest BCUT2D eigenvalue weighted by Gasteiger charge is -2.27. The number of unbranched alkanes of at least 4 members (excludes halogenated alkanes) is 1. The van der Waals surface area contributed by atoms with Crippen molar-refractivity contribution in [3.05, 3.63) is 24.4 Å². The van der Waals surface area contributed by atoms with Gasteiger partial charge < -0.3 is 10.2 Å². The number of rotatable bonds is 6. The fourth-order valence-corrected chi connectivity index (χ4v) is 2.36. The first kappa shape index (κ1) is 16.5. The number of hydrogen-bond acceptors (Lipinski definition) is 2. The third-order valence-corrected chi connectivity index (χ3v) is 3.64. The van der Waals surface area contributed by atoms with Gasteiger partial charge in [0.1, 0.15) is 11.9 Å². The lowest BCUT2D eigenvalue weighted by molar-refractivity contribution is -0.123. The van der Waals surface area contributed by atoms with Crippen LogP contribution in [0, 0.1) is 0 Å². The van der Waals surface area contributed by atoms with Crippen LogP contribution in [0.15, 0.2) is 29.4 Å².